The number of amides is 2. The Morgan fingerprint density at radius 1 is 1.16 bits per heavy atom. The van der Waals surface area contributed by atoms with Gasteiger partial charge in [0.15, 0.2) is 11.5 Å². The molecule has 0 spiro atoms. The Bertz CT molecular complexity index is 1330. The molecule has 10 nitrogen and oxygen atoms in total. The Hall–Kier alpha value is -4.73. The molecule has 4 rings (SSSR count). The summed E-state index contributed by atoms with van der Waals surface area (Å²) in [6.07, 6.45) is 5.19. The summed E-state index contributed by atoms with van der Waals surface area (Å²) in [7, 11) is 1.89. The predicted molar refractivity (Wildman–Crippen MR) is 144 cm³/mol. The lowest BCUT2D eigenvalue weighted by molar-refractivity contribution is -0.117. The molecule has 0 radical (unpaired) electrons. The first kappa shape index (κ1) is 26.3. The number of nitrogens with one attached hydrogen (secondary N) is 2. The van der Waals surface area contributed by atoms with Crippen LogP contribution in [0.3, 0.4) is 0 Å². The van der Waals surface area contributed by atoms with E-state index in [4.69, 9.17) is 10.5 Å². The summed E-state index contributed by atoms with van der Waals surface area (Å²) in [6.45, 7) is 3.65. The number of carbonyl (C=O) groups excluding carboxylic acids is 3. The van der Waals surface area contributed by atoms with Crippen molar-refractivity contribution in [1.82, 2.24) is 15.3 Å². The number of rotatable bonds is 10. The van der Waals surface area contributed by atoms with Gasteiger partial charge in [-0.25, -0.2) is 14.8 Å². The fourth-order valence-corrected chi connectivity index (χ4v) is 4.37. The Labute approximate surface area is 220 Å². The van der Waals surface area contributed by atoms with Crippen LogP contribution < -0.4 is 21.3 Å². The fraction of sp³-hybridized carbons (Fsp3) is 0.250. The smallest absolute Gasteiger partial charge is 0.338 e. The Kier molecular flexibility index (Phi) is 8.32. The van der Waals surface area contributed by atoms with Crippen molar-refractivity contribution in [2.45, 2.75) is 38.0 Å². The number of nitrogens with two attached hydrogens (primary N) is 1. The maximum atomic E-state index is 12.6. The minimum Gasteiger partial charge on any atom is -0.457 e. The first-order valence-corrected chi connectivity index (χ1v) is 12.2. The van der Waals surface area contributed by atoms with Crippen LogP contribution in [-0.2, 0) is 16.1 Å². The highest BCUT2D eigenvalue weighted by molar-refractivity contribution is 5.97. The summed E-state index contributed by atoms with van der Waals surface area (Å²) >= 11 is 0. The van der Waals surface area contributed by atoms with Gasteiger partial charge in [-0.3, -0.25) is 9.59 Å². The van der Waals surface area contributed by atoms with E-state index in [2.05, 4.69) is 27.2 Å². The monoisotopic (exact) mass is 514 g/mol. The zero-order valence-electron chi connectivity index (χ0n) is 21.1. The highest BCUT2D eigenvalue weighted by Gasteiger charge is 2.29. The van der Waals surface area contributed by atoms with Gasteiger partial charge in [0.2, 0.25) is 5.91 Å². The third-order valence-corrected chi connectivity index (χ3v) is 6.41. The third kappa shape index (κ3) is 6.52. The average molecular weight is 515 g/mol. The zero-order valence-corrected chi connectivity index (χ0v) is 21.1. The van der Waals surface area contributed by atoms with E-state index in [1.807, 2.05) is 42.3 Å². The minimum absolute atomic E-state index is 0.0262. The van der Waals surface area contributed by atoms with Crippen LogP contribution in [0.5, 0.6) is 0 Å². The van der Waals surface area contributed by atoms with Crippen molar-refractivity contribution >= 4 is 35.1 Å². The number of carbonyl (C=O) groups is 3. The number of aromatic nitrogens is 2. The van der Waals surface area contributed by atoms with Crippen LogP contribution >= 0.6 is 0 Å². The number of hydrogen-bond acceptors (Lipinski definition) is 8. The summed E-state index contributed by atoms with van der Waals surface area (Å²) in [5.74, 6) is -0.698. The van der Waals surface area contributed by atoms with Crippen LogP contribution in [0, 0.1) is 0 Å². The van der Waals surface area contributed by atoms with Crippen molar-refractivity contribution in [3.8, 4) is 0 Å². The van der Waals surface area contributed by atoms with Gasteiger partial charge in [-0.1, -0.05) is 43.0 Å². The van der Waals surface area contributed by atoms with E-state index < -0.39 is 11.9 Å². The largest absolute Gasteiger partial charge is 0.457 e. The number of nitrogens with zero attached hydrogens (tertiary/aromatic N) is 3. The van der Waals surface area contributed by atoms with Crippen molar-refractivity contribution in [1.29, 1.82) is 0 Å². The van der Waals surface area contributed by atoms with Gasteiger partial charge in [0.25, 0.3) is 5.91 Å². The second-order valence-corrected chi connectivity index (χ2v) is 9.04. The molecule has 196 valence electrons. The van der Waals surface area contributed by atoms with Crippen LogP contribution in [0.2, 0.25) is 0 Å². The second-order valence-electron chi connectivity index (χ2n) is 9.04. The van der Waals surface area contributed by atoms with Crippen molar-refractivity contribution in [3.05, 3.63) is 90.3 Å². The molecule has 1 aliphatic rings. The van der Waals surface area contributed by atoms with Gasteiger partial charge >= 0.3 is 5.97 Å². The van der Waals surface area contributed by atoms with Gasteiger partial charge in [-0.2, -0.15) is 0 Å². The molecule has 38 heavy (non-hydrogen) atoms. The number of esters is 1. The number of anilines is 3. The zero-order chi connectivity index (χ0) is 27.1. The predicted octanol–water partition coefficient (Wildman–Crippen LogP) is 3.34. The second kappa shape index (κ2) is 12.0. The molecule has 1 heterocycles. The molecule has 1 saturated carbocycles. The van der Waals surface area contributed by atoms with E-state index in [0.717, 1.165) is 24.8 Å². The van der Waals surface area contributed by atoms with Crippen LogP contribution in [-0.4, -0.2) is 46.9 Å². The minimum atomic E-state index is -0.735. The lowest BCUT2D eigenvalue weighted by atomic mass is 10.2. The molecular formula is C28H30N6O4. The SMILES string of the molecule is C=CC(=O)NC1CC[C@@H](N(C)c2cnc(C(N)=O)c(Nc3cccc(C(=O)OCc4ccccc4)c3)n2)C1. The number of ether oxygens (including phenoxy) is 1. The first-order valence-electron chi connectivity index (χ1n) is 12.2. The third-order valence-electron chi connectivity index (χ3n) is 6.41. The molecule has 2 amide bonds. The standard InChI is InChI=1S/C28H30N6O4/c1-3-24(35)31-21-12-13-22(15-21)34(2)23-16-30-25(26(29)36)27(33-23)32-20-11-7-10-19(14-20)28(37)38-17-18-8-5-4-6-9-18/h3-11,14,16,21-22H,1,12-13,15,17H2,2H3,(H2,29,36)(H,31,35)(H,32,33)/t21?,22-/m1/s1. The van der Waals surface area contributed by atoms with Crippen LogP contribution in [0.4, 0.5) is 17.3 Å². The summed E-state index contributed by atoms with van der Waals surface area (Å²) in [5.41, 5.74) is 7.26. The molecule has 10 heteroatoms. The Balaban J connectivity index is 1.48. The van der Waals surface area contributed by atoms with Crippen molar-refractivity contribution in [2.24, 2.45) is 5.73 Å². The van der Waals surface area contributed by atoms with Gasteiger partial charge in [0.1, 0.15) is 12.4 Å². The van der Waals surface area contributed by atoms with E-state index >= 15 is 0 Å². The van der Waals surface area contributed by atoms with E-state index in [9.17, 15) is 14.4 Å². The summed E-state index contributed by atoms with van der Waals surface area (Å²) in [6, 6.07) is 16.3. The maximum absolute atomic E-state index is 12.6. The highest BCUT2D eigenvalue weighted by Crippen LogP contribution is 2.28. The van der Waals surface area contributed by atoms with Crippen LogP contribution in [0.15, 0.2) is 73.4 Å². The quantitative estimate of drug-likeness (QED) is 0.277. The number of benzene rings is 2. The Morgan fingerprint density at radius 3 is 2.68 bits per heavy atom. The normalized spacial score (nSPS) is 16.3. The molecular weight excluding hydrogens is 484 g/mol. The molecule has 1 unspecified atom stereocenters. The molecule has 1 aromatic heterocycles. The van der Waals surface area contributed by atoms with E-state index in [1.54, 1.807) is 24.3 Å². The maximum Gasteiger partial charge on any atom is 0.338 e. The van der Waals surface area contributed by atoms with E-state index in [-0.39, 0.29) is 36.1 Å². The summed E-state index contributed by atoms with van der Waals surface area (Å²) < 4.78 is 5.42. The molecule has 0 aliphatic heterocycles. The molecule has 1 aliphatic carbocycles. The lowest BCUT2D eigenvalue weighted by Crippen LogP contribution is -2.35. The van der Waals surface area contributed by atoms with Gasteiger partial charge in [-0.05, 0) is 49.1 Å². The van der Waals surface area contributed by atoms with Gasteiger partial charge < -0.3 is 26.0 Å². The Morgan fingerprint density at radius 2 is 1.95 bits per heavy atom. The van der Waals surface area contributed by atoms with Gasteiger partial charge in [0, 0.05) is 24.8 Å². The van der Waals surface area contributed by atoms with Gasteiger partial charge in [-0.15, -0.1) is 0 Å². The van der Waals surface area contributed by atoms with Crippen LogP contribution in [0.25, 0.3) is 0 Å². The van der Waals surface area contributed by atoms with Gasteiger partial charge in [0.05, 0.1) is 11.8 Å². The molecule has 4 N–H and O–H groups in total. The number of primary amides is 1. The average Bonchev–Trinajstić information content (AvgIpc) is 3.40. The topological polar surface area (TPSA) is 140 Å². The molecule has 0 saturated heterocycles. The van der Waals surface area contributed by atoms with E-state index in [1.165, 1.54) is 12.3 Å². The molecule has 2 atom stereocenters. The highest BCUT2D eigenvalue weighted by atomic mass is 16.5. The molecule has 1 fully saturated rings. The summed E-state index contributed by atoms with van der Waals surface area (Å²) in [5, 5.41) is 6.01. The van der Waals surface area contributed by atoms with Crippen molar-refractivity contribution < 1.29 is 19.1 Å². The van der Waals surface area contributed by atoms with Crippen molar-refractivity contribution in [3.63, 3.8) is 0 Å². The van der Waals surface area contributed by atoms with Crippen molar-refractivity contribution in [2.75, 3.05) is 17.3 Å². The van der Waals surface area contributed by atoms with E-state index in [0.29, 0.717) is 17.1 Å². The molecule has 2 aromatic carbocycles. The lowest BCUT2D eigenvalue weighted by Gasteiger charge is -2.26. The summed E-state index contributed by atoms with van der Waals surface area (Å²) in [4.78, 5) is 47.2. The molecule has 3 aromatic rings. The molecule has 0 bridgehead atoms. The fourth-order valence-electron chi connectivity index (χ4n) is 4.37. The number of hydrogen-bond donors (Lipinski definition) is 3. The first-order chi connectivity index (χ1) is 18.3. The van der Waals surface area contributed by atoms with Crippen LogP contribution in [0.1, 0.15) is 45.7 Å².